The van der Waals surface area contributed by atoms with E-state index in [9.17, 15) is 14.4 Å². The highest BCUT2D eigenvalue weighted by atomic mass is 16.6. The van der Waals surface area contributed by atoms with Gasteiger partial charge in [0, 0.05) is 19.3 Å². The maximum absolute atomic E-state index is 12.9. The van der Waals surface area contributed by atoms with Gasteiger partial charge in [-0.15, -0.1) is 0 Å². The zero-order valence-corrected chi connectivity index (χ0v) is 51.9. The number of hydrogen-bond acceptors (Lipinski definition) is 6. The fourth-order valence-corrected chi connectivity index (χ4v) is 9.87. The molecule has 1 unspecified atom stereocenters. The Balaban J connectivity index is 4.27. The van der Waals surface area contributed by atoms with E-state index in [1.54, 1.807) is 0 Å². The van der Waals surface area contributed by atoms with Crippen LogP contribution < -0.4 is 0 Å². The van der Waals surface area contributed by atoms with E-state index in [4.69, 9.17) is 14.2 Å². The fraction of sp³-hybridized carbons (Fsp3) is 0.792. The molecule has 6 nitrogen and oxygen atoms in total. The Morgan fingerprint density at radius 3 is 0.821 bits per heavy atom. The van der Waals surface area contributed by atoms with E-state index in [0.29, 0.717) is 19.3 Å². The molecule has 0 aromatic carbocycles. The lowest BCUT2D eigenvalue weighted by Crippen LogP contribution is -2.30. The fourth-order valence-electron chi connectivity index (χ4n) is 9.87. The molecule has 1 atom stereocenters. The third-order valence-corrected chi connectivity index (χ3v) is 14.9. The molecular formula is C72H128O6. The van der Waals surface area contributed by atoms with Crippen LogP contribution in [0.5, 0.6) is 0 Å². The summed E-state index contributed by atoms with van der Waals surface area (Å²) in [5, 5.41) is 0. The average Bonchev–Trinajstić information content (AvgIpc) is 3.44. The molecule has 0 aliphatic carbocycles. The van der Waals surface area contributed by atoms with Gasteiger partial charge >= 0.3 is 17.9 Å². The summed E-state index contributed by atoms with van der Waals surface area (Å²) in [6.45, 7) is 6.51. The summed E-state index contributed by atoms with van der Waals surface area (Å²) in [5.41, 5.74) is 0. The van der Waals surface area contributed by atoms with Gasteiger partial charge in [-0.2, -0.15) is 0 Å². The van der Waals surface area contributed by atoms with Gasteiger partial charge in [-0.1, -0.05) is 318 Å². The standard InChI is InChI=1S/C72H128O6/c1-4-7-10-13-16-19-22-25-28-30-32-33-34-35-36-37-38-39-41-42-44-47-50-53-56-59-62-65-71(74)77-68-69(67-76-70(73)64-61-58-55-52-49-46-27-24-21-18-15-12-9-6-3)78-72(75)66-63-60-57-54-51-48-45-43-40-31-29-26-23-20-17-14-11-8-5-2/h8,11,15,17-18,20,24,26-27,29,40,43,69H,4-7,9-10,12-14,16,19,21-23,25,28,30-39,41-42,44-68H2,1-3H3/b11-8-,18-15-,20-17-,27-24-,29-26-,43-40-. The Labute approximate surface area is 484 Å². The zero-order chi connectivity index (χ0) is 56.4. The molecule has 0 N–H and O–H groups in total. The van der Waals surface area contributed by atoms with E-state index >= 15 is 0 Å². The van der Waals surface area contributed by atoms with E-state index in [1.165, 1.54) is 193 Å². The van der Waals surface area contributed by atoms with Crippen LogP contribution in [0.2, 0.25) is 0 Å². The number of hydrogen-bond donors (Lipinski definition) is 0. The van der Waals surface area contributed by atoms with Crippen LogP contribution in [0.25, 0.3) is 0 Å². The van der Waals surface area contributed by atoms with Crippen LogP contribution in [0, 0.1) is 0 Å². The third-order valence-electron chi connectivity index (χ3n) is 14.9. The molecule has 0 aromatic rings. The van der Waals surface area contributed by atoms with Crippen molar-refractivity contribution in [3.05, 3.63) is 72.9 Å². The second kappa shape index (κ2) is 66.4. The predicted molar refractivity (Wildman–Crippen MR) is 339 cm³/mol. The topological polar surface area (TPSA) is 78.9 Å². The first-order valence-electron chi connectivity index (χ1n) is 33.9. The van der Waals surface area contributed by atoms with Crippen LogP contribution >= 0.6 is 0 Å². The SMILES string of the molecule is CC/C=C\C/C=C\C/C=C\C/C=C\CCCCCCCCC(=O)OC(COC(=O)CCCCCCC/C=C\C/C=C\CCCC)COC(=O)CCCCCCCCCCCCCCCCCCCCCCCCCCCCC. The molecule has 6 heteroatoms. The molecule has 0 radical (unpaired) electrons. The molecule has 452 valence electrons. The smallest absolute Gasteiger partial charge is 0.306 e. The van der Waals surface area contributed by atoms with Crippen molar-refractivity contribution >= 4 is 17.9 Å². The molecule has 0 bridgehead atoms. The molecule has 0 rings (SSSR count). The molecular weight excluding hydrogens is 961 g/mol. The van der Waals surface area contributed by atoms with E-state index in [1.807, 2.05) is 0 Å². The van der Waals surface area contributed by atoms with Gasteiger partial charge in [0.2, 0.25) is 0 Å². The van der Waals surface area contributed by atoms with E-state index in [-0.39, 0.29) is 31.1 Å². The number of rotatable bonds is 62. The van der Waals surface area contributed by atoms with Gasteiger partial charge in [0.1, 0.15) is 13.2 Å². The van der Waals surface area contributed by atoms with Gasteiger partial charge in [0.15, 0.2) is 6.10 Å². The summed E-state index contributed by atoms with van der Waals surface area (Å²) < 4.78 is 16.9. The van der Waals surface area contributed by atoms with Gasteiger partial charge < -0.3 is 14.2 Å². The largest absolute Gasteiger partial charge is 0.462 e. The maximum Gasteiger partial charge on any atom is 0.306 e. The number of allylic oxidation sites excluding steroid dienone is 12. The molecule has 0 saturated carbocycles. The van der Waals surface area contributed by atoms with E-state index in [2.05, 4.69) is 93.7 Å². The van der Waals surface area contributed by atoms with Crippen molar-refractivity contribution in [1.29, 1.82) is 0 Å². The molecule has 0 spiro atoms. The van der Waals surface area contributed by atoms with Crippen molar-refractivity contribution in [1.82, 2.24) is 0 Å². The molecule has 0 saturated heterocycles. The van der Waals surface area contributed by atoms with Crippen molar-refractivity contribution in [2.75, 3.05) is 13.2 Å². The highest BCUT2D eigenvalue weighted by Crippen LogP contribution is 2.18. The summed E-state index contributed by atoms with van der Waals surface area (Å²) in [6, 6.07) is 0. The van der Waals surface area contributed by atoms with E-state index in [0.717, 1.165) is 116 Å². The highest BCUT2D eigenvalue weighted by Gasteiger charge is 2.19. The highest BCUT2D eigenvalue weighted by molar-refractivity contribution is 5.71. The van der Waals surface area contributed by atoms with Crippen molar-refractivity contribution in [2.24, 2.45) is 0 Å². The molecule has 0 aliphatic rings. The Morgan fingerprint density at radius 1 is 0.269 bits per heavy atom. The molecule has 0 aromatic heterocycles. The minimum Gasteiger partial charge on any atom is -0.462 e. The normalized spacial score (nSPS) is 12.5. The lowest BCUT2D eigenvalue weighted by atomic mass is 10.0. The third kappa shape index (κ3) is 63.7. The average molecular weight is 1090 g/mol. The lowest BCUT2D eigenvalue weighted by Gasteiger charge is -2.18. The minimum absolute atomic E-state index is 0.0831. The Kier molecular flexibility index (Phi) is 63.7. The van der Waals surface area contributed by atoms with Crippen molar-refractivity contribution in [3.63, 3.8) is 0 Å². The summed E-state index contributed by atoms with van der Waals surface area (Å²) in [5.74, 6) is -0.894. The second-order valence-corrected chi connectivity index (χ2v) is 22.7. The van der Waals surface area contributed by atoms with Crippen LogP contribution in [0.1, 0.15) is 348 Å². The van der Waals surface area contributed by atoms with Gasteiger partial charge in [-0.3, -0.25) is 14.4 Å². The summed E-state index contributed by atoms with van der Waals surface area (Å²) in [6.07, 6.45) is 86.4. The quantitative estimate of drug-likeness (QED) is 0.0261. The predicted octanol–water partition coefficient (Wildman–Crippen LogP) is 23.3. The van der Waals surface area contributed by atoms with Crippen LogP contribution in [0.4, 0.5) is 0 Å². The molecule has 0 amide bonds. The Bertz CT molecular complexity index is 1440. The monoisotopic (exact) mass is 1090 g/mol. The van der Waals surface area contributed by atoms with E-state index < -0.39 is 6.10 Å². The summed E-state index contributed by atoms with van der Waals surface area (Å²) in [7, 11) is 0. The summed E-state index contributed by atoms with van der Waals surface area (Å²) >= 11 is 0. The maximum atomic E-state index is 12.9. The first-order valence-corrected chi connectivity index (χ1v) is 33.9. The van der Waals surface area contributed by atoms with Crippen molar-refractivity contribution in [2.45, 2.75) is 354 Å². The summed E-state index contributed by atoms with van der Waals surface area (Å²) in [4.78, 5) is 38.4. The molecule has 0 aliphatic heterocycles. The number of ether oxygens (including phenoxy) is 3. The first-order chi connectivity index (χ1) is 38.5. The van der Waals surface area contributed by atoms with Crippen LogP contribution in [-0.2, 0) is 28.6 Å². The van der Waals surface area contributed by atoms with Gasteiger partial charge in [0.05, 0.1) is 0 Å². The molecule has 0 heterocycles. The second-order valence-electron chi connectivity index (χ2n) is 22.7. The van der Waals surface area contributed by atoms with Crippen LogP contribution in [0.15, 0.2) is 72.9 Å². The molecule has 78 heavy (non-hydrogen) atoms. The number of esters is 3. The Hall–Kier alpha value is -3.15. The van der Waals surface area contributed by atoms with Crippen molar-refractivity contribution in [3.8, 4) is 0 Å². The first kappa shape index (κ1) is 74.8. The van der Waals surface area contributed by atoms with Gasteiger partial charge in [-0.05, 0) is 83.5 Å². The van der Waals surface area contributed by atoms with Crippen molar-refractivity contribution < 1.29 is 28.6 Å². The van der Waals surface area contributed by atoms with Gasteiger partial charge in [0.25, 0.3) is 0 Å². The molecule has 0 fully saturated rings. The van der Waals surface area contributed by atoms with Crippen LogP contribution in [0.3, 0.4) is 0 Å². The number of carbonyl (C=O) groups is 3. The number of unbranched alkanes of at least 4 members (excludes halogenated alkanes) is 39. The van der Waals surface area contributed by atoms with Crippen LogP contribution in [-0.4, -0.2) is 37.2 Å². The minimum atomic E-state index is -0.789. The van der Waals surface area contributed by atoms with Gasteiger partial charge in [-0.25, -0.2) is 0 Å². The zero-order valence-electron chi connectivity index (χ0n) is 51.9. The lowest BCUT2D eigenvalue weighted by molar-refractivity contribution is -0.167. The number of carbonyl (C=O) groups excluding carboxylic acids is 3. The Morgan fingerprint density at radius 2 is 0.513 bits per heavy atom.